The maximum absolute atomic E-state index is 12.3. The van der Waals surface area contributed by atoms with Crippen LogP contribution in [-0.2, 0) is 6.42 Å². The van der Waals surface area contributed by atoms with Gasteiger partial charge in [0, 0.05) is 26.7 Å². The van der Waals surface area contributed by atoms with Crippen LogP contribution in [0.3, 0.4) is 0 Å². The zero-order valence-corrected chi connectivity index (χ0v) is 19.8. The Hall–Kier alpha value is -1.43. The Morgan fingerprint density at radius 1 is 1.07 bits per heavy atom. The third kappa shape index (κ3) is 12.0. The number of benzene rings is 1. The van der Waals surface area contributed by atoms with Crippen molar-refractivity contribution in [1.29, 1.82) is 0 Å². The van der Waals surface area contributed by atoms with Crippen LogP contribution in [-0.4, -0.2) is 70.5 Å². The smallest absolute Gasteiger partial charge is 0.401 e. The van der Waals surface area contributed by atoms with E-state index in [0.717, 1.165) is 23.5 Å². The molecular formula is C19H32F3IN4O2. The van der Waals surface area contributed by atoms with Crippen molar-refractivity contribution in [3.05, 3.63) is 23.8 Å². The van der Waals surface area contributed by atoms with Gasteiger partial charge in [-0.3, -0.25) is 9.89 Å². The van der Waals surface area contributed by atoms with Crippen molar-refractivity contribution < 1.29 is 22.6 Å². The summed E-state index contributed by atoms with van der Waals surface area (Å²) in [6.07, 6.45) is -3.45. The topological polar surface area (TPSA) is 58.1 Å². The first-order valence-corrected chi connectivity index (χ1v) is 9.37. The zero-order valence-electron chi connectivity index (χ0n) is 17.4. The molecule has 0 aliphatic rings. The summed E-state index contributed by atoms with van der Waals surface area (Å²) in [5.41, 5.74) is 1.08. The summed E-state index contributed by atoms with van der Waals surface area (Å²) in [5.74, 6) is 2.00. The monoisotopic (exact) mass is 532 g/mol. The Morgan fingerprint density at radius 2 is 1.69 bits per heavy atom. The summed E-state index contributed by atoms with van der Waals surface area (Å²) in [4.78, 5) is 5.30. The Labute approximate surface area is 188 Å². The van der Waals surface area contributed by atoms with Gasteiger partial charge in [0.1, 0.15) is 0 Å². The molecule has 0 aromatic heterocycles. The lowest BCUT2D eigenvalue weighted by Gasteiger charge is -2.19. The lowest BCUT2D eigenvalue weighted by Crippen LogP contribution is -2.42. The molecule has 0 bridgehead atoms. The van der Waals surface area contributed by atoms with E-state index in [4.69, 9.17) is 9.47 Å². The molecule has 0 amide bonds. The lowest BCUT2D eigenvalue weighted by atomic mass is 10.1. The van der Waals surface area contributed by atoms with Gasteiger partial charge in [-0.2, -0.15) is 13.2 Å². The van der Waals surface area contributed by atoms with E-state index in [9.17, 15) is 13.2 Å². The van der Waals surface area contributed by atoms with Crippen molar-refractivity contribution in [3.63, 3.8) is 0 Å². The number of ether oxygens (including phenoxy) is 2. The Balaban J connectivity index is 0.00000784. The van der Waals surface area contributed by atoms with Crippen molar-refractivity contribution in [3.8, 4) is 11.5 Å². The molecule has 0 spiro atoms. The van der Waals surface area contributed by atoms with E-state index < -0.39 is 12.7 Å². The molecule has 0 saturated heterocycles. The highest BCUT2D eigenvalue weighted by Gasteiger charge is 2.28. The Kier molecular flexibility index (Phi) is 13.8. The van der Waals surface area contributed by atoms with Gasteiger partial charge in [-0.1, -0.05) is 6.07 Å². The highest BCUT2D eigenvalue weighted by Crippen LogP contribution is 2.28. The number of guanidine groups is 1. The molecule has 6 nitrogen and oxygen atoms in total. The van der Waals surface area contributed by atoms with E-state index >= 15 is 0 Å². The predicted molar refractivity (Wildman–Crippen MR) is 121 cm³/mol. The molecule has 1 aromatic carbocycles. The van der Waals surface area contributed by atoms with Gasteiger partial charge in [0.2, 0.25) is 0 Å². The van der Waals surface area contributed by atoms with Crippen LogP contribution in [0.2, 0.25) is 0 Å². The van der Waals surface area contributed by atoms with Gasteiger partial charge in [0.25, 0.3) is 0 Å². The molecule has 1 rings (SSSR count). The van der Waals surface area contributed by atoms with Crippen molar-refractivity contribution >= 4 is 29.9 Å². The number of nitrogens with zero attached hydrogens (tertiary/aromatic N) is 2. The van der Waals surface area contributed by atoms with Gasteiger partial charge in [-0.05, 0) is 45.0 Å². The molecule has 0 radical (unpaired) electrons. The van der Waals surface area contributed by atoms with Crippen molar-refractivity contribution in [2.24, 2.45) is 4.99 Å². The fourth-order valence-electron chi connectivity index (χ4n) is 2.55. The van der Waals surface area contributed by atoms with E-state index in [1.165, 1.54) is 11.9 Å². The van der Waals surface area contributed by atoms with Crippen LogP contribution < -0.4 is 20.1 Å². The van der Waals surface area contributed by atoms with Gasteiger partial charge < -0.3 is 20.1 Å². The molecule has 0 fully saturated rings. The number of hydrogen-bond acceptors (Lipinski definition) is 4. The van der Waals surface area contributed by atoms with Crippen LogP contribution >= 0.6 is 24.0 Å². The van der Waals surface area contributed by atoms with E-state index in [0.29, 0.717) is 32.3 Å². The average Bonchev–Trinajstić information content (AvgIpc) is 2.61. The number of alkyl halides is 3. The number of halogens is 4. The second-order valence-electron chi connectivity index (χ2n) is 6.18. The number of nitrogens with one attached hydrogen (secondary N) is 2. The quantitative estimate of drug-likeness (QED) is 0.260. The molecule has 10 heteroatoms. The average molecular weight is 532 g/mol. The predicted octanol–water partition coefficient (Wildman–Crippen LogP) is 3.30. The lowest BCUT2D eigenvalue weighted by molar-refractivity contribution is -0.142. The summed E-state index contributed by atoms with van der Waals surface area (Å²) >= 11 is 0. The SMILES string of the molecule is CCOc1ccc(CCNC(=NC)NCCN(C)CC(F)(F)F)cc1OCC.I. The van der Waals surface area contributed by atoms with Crippen LogP contribution in [0.15, 0.2) is 23.2 Å². The summed E-state index contributed by atoms with van der Waals surface area (Å²) in [5, 5.41) is 6.17. The molecular weight excluding hydrogens is 500 g/mol. The first-order chi connectivity index (χ1) is 13.3. The minimum atomic E-state index is -4.19. The van der Waals surface area contributed by atoms with Gasteiger partial charge >= 0.3 is 6.18 Å². The minimum absolute atomic E-state index is 0. The highest BCUT2D eigenvalue weighted by atomic mass is 127. The Bertz CT molecular complexity index is 616. The molecule has 1 aromatic rings. The molecule has 0 atom stereocenters. The standard InChI is InChI=1S/C19H31F3N4O2.HI/c1-5-27-16-8-7-15(13-17(16)28-6-2)9-10-24-18(23-3)25-11-12-26(4)14-19(20,21)22;/h7-8,13H,5-6,9-12,14H2,1-4H3,(H2,23,24,25);1H. The number of aliphatic imine (C=N–C) groups is 1. The van der Waals surface area contributed by atoms with E-state index in [2.05, 4.69) is 15.6 Å². The molecule has 29 heavy (non-hydrogen) atoms. The largest absolute Gasteiger partial charge is 0.490 e. The molecule has 0 unspecified atom stereocenters. The fourth-order valence-corrected chi connectivity index (χ4v) is 2.55. The summed E-state index contributed by atoms with van der Waals surface area (Å²) in [6.45, 7) is 5.29. The molecule has 0 saturated carbocycles. The third-order valence-corrected chi connectivity index (χ3v) is 3.77. The maximum atomic E-state index is 12.3. The first-order valence-electron chi connectivity index (χ1n) is 9.37. The van der Waals surface area contributed by atoms with Crippen LogP contribution in [0.1, 0.15) is 19.4 Å². The van der Waals surface area contributed by atoms with Gasteiger partial charge in [0.15, 0.2) is 17.5 Å². The van der Waals surface area contributed by atoms with Gasteiger partial charge in [-0.15, -0.1) is 24.0 Å². The normalized spacial score (nSPS) is 11.8. The zero-order chi connectivity index (χ0) is 21.0. The molecule has 168 valence electrons. The van der Waals surface area contributed by atoms with Crippen molar-refractivity contribution in [2.45, 2.75) is 26.4 Å². The maximum Gasteiger partial charge on any atom is 0.401 e. The second-order valence-corrected chi connectivity index (χ2v) is 6.18. The van der Waals surface area contributed by atoms with Crippen LogP contribution in [0, 0.1) is 0 Å². The molecule has 2 N–H and O–H groups in total. The number of likely N-dealkylation sites (N-methyl/N-ethyl adjacent to an activating group) is 1. The summed E-state index contributed by atoms with van der Waals surface area (Å²) < 4.78 is 48.1. The van der Waals surface area contributed by atoms with E-state index in [1.54, 1.807) is 7.05 Å². The van der Waals surface area contributed by atoms with E-state index in [-0.39, 0.29) is 30.5 Å². The molecule has 0 heterocycles. The third-order valence-electron chi connectivity index (χ3n) is 3.77. The van der Waals surface area contributed by atoms with Gasteiger partial charge in [0.05, 0.1) is 19.8 Å². The number of hydrogen-bond donors (Lipinski definition) is 2. The number of rotatable bonds is 11. The summed E-state index contributed by atoms with van der Waals surface area (Å²) in [6, 6.07) is 5.84. The minimum Gasteiger partial charge on any atom is -0.490 e. The van der Waals surface area contributed by atoms with Crippen LogP contribution in [0.5, 0.6) is 11.5 Å². The molecule has 0 aliphatic carbocycles. The first kappa shape index (κ1) is 27.6. The van der Waals surface area contributed by atoms with Crippen molar-refractivity contribution in [1.82, 2.24) is 15.5 Å². The summed E-state index contributed by atoms with van der Waals surface area (Å²) in [7, 11) is 3.06. The second kappa shape index (κ2) is 14.5. The van der Waals surface area contributed by atoms with Crippen LogP contribution in [0.25, 0.3) is 0 Å². The van der Waals surface area contributed by atoms with Crippen molar-refractivity contribution in [2.75, 3.05) is 53.5 Å². The highest BCUT2D eigenvalue weighted by molar-refractivity contribution is 14.0. The van der Waals surface area contributed by atoms with Crippen LogP contribution in [0.4, 0.5) is 13.2 Å². The molecule has 0 aliphatic heterocycles. The Morgan fingerprint density at radius 3 is 2.28 bits per heavy atom. The fraction of sp³-hybridized carbons (Fsp3) is 0.632. The van der Waals surface area contributed by atoms with Gasteiger partial charge in [-0.25, -0.2) is 0 Å². The van der Waals surface area contributed by atoms with E-state index in [1.807, 2.05) is 32.0 Å².